The summed E-state index contributed by atoms with van der Waals surface area (Å²) < 4.78 is 22.1. The summed E-state index contributed by atoms with van der Waals surface area (Å²) in [6.45, 7) is -0.0729. The molecular weight excluding hydrogens is 218 g/mol. The van der Waals surface area contributed by atoms with Crippen LogP contribution >= 0.6 is 10.7 Å². The minimum atomic E-state index is -3.60. The van der Waals surface area contributed by atoms with Crippen molar-refractivity contribution >= 4 is 19.7 Å². The normalized spacial score (nSPS) is 11.8. The second-order valence-electron chi connectivity index (χ2n) is 2.44. The van der Waals surface area contributed by atoms with Crippen LogP contribution in [0.25, 0.3) is 0 Å². The molecule has 0 aliphatic rings. The van der Waals surface area contributed by atoms with Gasteiger partial charge in [0.1, 0.15) is 0 Å². The van der Waals surface area contributed by atoms with E-state index in [-0.39, 0.29) is 24.1 Å². The van der Waals surface area contributed by atoms with Crippen LogP contribution in [-0.2, 0) is 15.6 Å². The first-order chi connectivity index (χ1) is 5.90. The van der Waals surface area contributed by atoms with E-state index in [2.05, 4.69) is 0 Å². The lowest BCUT2D eigenvalue weighted by molar-refractivity contribution is 0.374. The topological polar surface area (TPSA) is 79.5 Å². The van der Waals surface area contributed by atoms with E-state index in [0.717, 1.165) is 4.57 Å². The second-order valence-corrected chi connectivity index (χ2v) is 5.34. The Morgan fingerprint density at radius 1 is 1.31 bits per heavy atom. The Bertz CT molecular complexity index is 377. The highest BCUT2D eigenvalue weighted by atomic mass is 35.7. The molecule has 0 amide bonds. The molecule has 0 fully saturated rings. The SMILES string of the molecule is O=S(=O)(Cl)CCn1c(O)ccc1O. The minimum absolute atomic E-state index is 0.0729. The van der Waals surface area contributed by atoms with Crippen molar-refractivity contribution in [2.24, 2.45) is 0 Å². The molecule has 1 heterocycles. The van der Waals surface area contributed by atoms with Crippen molar-refractivity contribution in [2.45, 2.75) is 6.54 Å². The van der Waals surface area contributed by atoms with Crippen molar-refractivity contribution in [1.82, 2.24) is 4.57 Å². The fourth-order valence-electron chi connectivity index (χ4n) is 0.876. The standard InChI is InChI=1S/C6H8ClNO4S/c7-13(11,12)4-3-8-5(9)1-2-6(8)10/h1-2,9-10H,3-4H2. The first kappa shape index (κ1) is 10.2. The molecule has 0 saturated carbocycles. The quantitative estimate of drug-likeness (QED) is 0.733. The molecule has 1 aromatic rings. The van der Waals surface area contributed by atoms with Crippen LogP contribution in [-0.4, -0.2) is 29.0 Å². The Balaban J connectivity index is 2.75. The van der Waals surface area contributed by atoms with Gasteiger partial charge in [-0.15, -0.1) is 0 Å². The zero-order chi connectivity index (χ0) is 10.1. The molecule has 2 N–H and O–H groups in total. The number of hydrogen-bond acceptors (Lipinski definition) is 4. The van der Waals surface area contributed by atoms with Gasteiger partial charge in [-0.25, -0.2) is 8.42 Å². The predicted octanol–water partition coefficient (Wildman–Crippen LogP) is 0.468. The molecule has 5 nitrogen and oxygen atoms in total. The van der Waals surface area contributed by atoms with Crippen LogP contribution in [0.3, 0.4) is 0 Å². The lowest BCUT2D eigenvalue weighted by Gasteiger charge is -2.03. The molecule has 0 spiro atoms. The summed E-state index contributed by atoms with van der Waals surface area (Å²) in [5.41, 5.74) is 0. The molecule has 0 unspecified atom stereocenters. The number of aromatic hydroxyl groups is 2. The lowest BCUT2D eigenvalue weighted by Crippen LogP contribution is -2.06. The summed E-state index contributed by atoms with van der Waals surface area (Å²) in [6.07, 6.45) is 0. The molecule has 1 aromatic heterocycles. The van der Waals surface area contributed by atoms with Crippen molar-refractivity contribution in [3.8, 4) is 11.8 Å². The van der Waals surface area contributed by atoms with E-state index < -0.39 is 9.05 Å². The van der Waals surface area contributed by atoms with Gasteiger partial charge in [0, 0.05) is 29.4 Å². The Morgan fingerprint density at radius 3 is 2.15 bits per heavy atom. The second kappa shape index (κ2) is 3.47. The van der Waals surface area contributed by atoms with Gasteiger partial charge in [0.05, 0.1) is 5.75 Å². The van der Waals surface area contributed by atoms with Crippen LogP contribution in [0.2, 0.25) is 0 Å². The van der Waals surface area contributed by atoms with Crippen LogP contribution < -0.4 is 0 Å². The third-order valence-corrected chi connectivity index (χ3v) is 2.63. The molecule has 0 aromatic carbocycles. The van der Waals surface area contributed by atoms with E-state index >= 15 is 0 Å². The molecule has 0 bridgehead atoms. The van der Waals surface area contributed by atoms with Gasteiger partial charge >= 0.3 is 0 Å². The summed E-state index contributed by atoms with van der Waals surface area (Å²) in [4.78, 5) is 0. The first-order valence-electron chi connectivity index (χ1n) is 3.40. The maximum atomic E-state index is 10.5. The summed E-state index contributed by atoms with van der Waals surface area (Å²) in [7, 11) is 1.35. The van der Waals surface area contributed by atoms with Crippen LogP contribution in [0.1, 0.15) is 0 Å². The van der Waals surface area contributed by atoms with Crippen LogP contribution in [0.15, 0.2) is 12.1 Å². The van der Waals surface area contributed by atoms with Crippen molar-refractivity contribution in [3.05, 3.63) is 12.1 Å². The van der Waals surface area contributed by atoms with Gasteiger partial charge in [0.25, 0.3) is 0 Å². The van der Waals surface area contributed by atoms with Crippen LogP contribution in [0.5, 0.6) is 11.8 Å². The highest BCUT2D eigenvalue weighted by molar-refractivity contribution is 8.13. The van der Waals surface area contributed by atoms with E-state index in [9.17, 15) is 8.42 Å². The fraction of sp³-hybridized carbons (Fsp3) is 0.333. The molecule has 0 saturated heterocycles. The summed E-state index contributed by atoms with van der Waals surface area (Å²) in [6, 6.07) is 2.52. The van der Waals surface area contributed by atoms with Gasteiger partial charge in [-0.05, 0) is 0 Å². The molecule has 0 aliphatic heterocycles. The van der Waals surface area contributed by atoms with Crippen molar-refractivity contribution in [1.29, 1.82) is 0 Å². The summed E-state index contributed by atoms with van der Waals surface area (Å²) >= 11 is 0. The van der Waals surface area contributed by atoms with Gasteiger partial charge in [0.2, 0.25) is 9.05 Å². The Labute approximate surface area is 79.6 Å². The van der Waals surface area contributed by atoms with Crippen LogP contribution in [0, 0.1) is 0 Å². The molecule has 1 rings (SSSR count). The van der Waals surface area contributed by atoms with E-state index in [1.165, 1.54) is 12.1 Å². The van der Waals surface area contributed by atoms with Gasteiger partial charge in [-0.2, -0.15) is 0 Å². The van der Waals surface area contributed by atoms with Crippen molar-refractivity contribution in [2.75, 3.05) is 5.75 Å². The maximum absolute atomic E-state index is 10.5. The van der Waals surface area contributed by atoms with Gasteiger partial charge in [0.15, 0.2) is 11.8 Å². The lowest BCUT2D eigenvalue weighted by atomic mass is 10.6. The fourth-order valence-corrected chi connectivity index (χ4v) is 1.48. The van der Waals surface area contributed by atoms with Crippen molar-refractivity contribution in [3.63, 3.8) is 0 Å². The number of hydrogen-bond donors (Lipinski definition) is 2. The highest BCUT2D eigenvalue weighted by Crippen LogP contribution is 2.20. The zero-order valence-corrected chi connectivity index (χ0v) is 8.09. The molecule has 0 radical (unpaired) electrons. The summed E-state index contributed by atoms with van der Waals surface area (Å²) in [5.74, 6) is -0.736. The largest absolute Gasteiger partial charge is 0.494 e. The van der Waals surface area contributed by atoms with Crippen molar-refractivity contribution < 1.29 is 18.6 Å². The smallest absolute Gasteiger partial charge is 0.234 e. The van der Waals surface area contributed by atoms with E-state index in [1.807, 2.05) is 0 Å². The molecular formula is C6H8ClNO4S. The molecule has 0 atom stereocenters. The third-order valence-electron chi connectivity index (χ3n) is 1.49. The summed E-state index contributed by atoms with van der Waals surface area (Å²) in [5, 5.41) is 18.2. The van der Waals surface area contributed by atoms with E-state index in [4.69, 9.17) is 20.9 Å². The van der Waals surface area contributed by atoms with Crippen LogP contribution in [0.4, 0.5) is 0 Å². The minimum Gasteiger partial charge on any atom is -0.494 e. The van der Waals surface area contributed by atoms with E-state index in [0.29, 0.717) is 0 Å². The first-order valence-corrected chi connectivity index (χ1v) is 5.88. The zero-order valence-electron chi connectivity index (χ0n) is 6.51. The van der Waals surface area contributed by atoms with Gasteiger partial charge in [-0.1, -0.05) is 0 Å². The van der Waals surface area contributed by atoms with Gasteiger partial charge < -0.3 is 10.2 Å². The maximum Gasteiger partial charge on any atom is 0.234 e. The predicted molar refractivity (Wildman–Crippen MR) is 47.4 cm³/mol. The average molecular weight is 226 g/mol. The molecule has 0 aliphatic carbocycles. The molecule has 74 valence electrons. The van der Waals surface area contributed by atoms with E-state index in [1.54, 1.807) is 0 Å². The average Bonchev–Trinajstić information content (AvgIpc) is 2.27. The Kier molecular flexibility index (Phi) is 2.72. The molecule has 13 heavy (non-hydrogen) atoms. The number of halogens is 1. The Morgan fingerprint density at radius 2 is 1.77 bits per heavy atom. The number of aromatic nitrogens is 1. The number of nitrogens with zero attached hydrogens (tertiary/aromatic N) is 1. The number of rotatable bonds is 3. The monoisotopic (exact) mass is 225 g/mol. The third kappa shape index (κ3) is 2.82. The Hall–Kier alpha value is -0.880. The highest BCUT2D eigenvalue weighted by Gasteiger charge is 2.10. The van der Waals surface area contributed by atoms with Gasteiger partial charge in [-0.3, -0.25) is 4.57 Å². The molecule has 7 heteroatoms.